The molecule has 0 aliphatic carbocycles. The number of nitrogens with zero attached hydrogens (tertiary/aromatic N) is 1. The fourth-order valence-corrected chi connectivity index (χ4v) is 2.93. The van der Waals surface area contributed by atoms with Crippen LogP contribution < -0.4 is 14.8 Å². The normalized spacial score (nSPS) is 18.4. The number of ether oxygens (including phenoxy) is 2. The van der Waals surface area contributed by atoms with E-state index in [-0.39, 0.29) is 36.7 Å². The molecule has 2 amide bonds. The third-order valence-electron chi connectivity index (χ3n) is 4.41. The number of carbonyl (C=O) groups is 2. The van der Waals surface area contributed by atoms with E-state index in [0.717, 1.165) is 0 Å². The smallest absolute Gasteiger partial charge is 0.225 e. The van der Waals surface area contributed by atoms with Crippen molar-refractivity contribution in [2.75, 3.05) is 27.3 Å². The van der Waals surface area contributed by atoms with E-state index in [9.17, 15) is 14.7 Å². The first-order valence-electron chi connectivity index (χ1n) is 8.34. The molecule has 1 fully saturated rings. The van der Waals surface area contributed by atoms with Crippen LogP contribution in [-0.4, -0.2) is 55.2 Å². The molecule has 0 bridgehead atoms. The van der Waals surface area contributed by atoms with E-state index < -0.39 is 6.10 Å². The molecular weight excluding hydrogens is 324 g/mol. The van der Waals surface area contributed by atoms with Gasteiger partial charge in [-0.2, -0.15) is 0 Å². The summed E-state index contributed by atoms with van der Waals surface area (Å²) in [6.45, 7) is 4.35. The summed E-state index contributed by atoms with van der Waals surface area (Å²) in [6, 6.07) is 5.19. The van der Waals surface area contributed by atoms with Gasteiger partial charge in [0.1, 0.15) is 0 Å². The fourth-order valence-electron chi connectivity index (χ4n) is 2.93. The maximum Gasteiger partial charge on any atom is 0.225 e. The summed E-state index contributed by atoms with van der Waals surface area (Å²) in [5.41, 5.74) is 0.615. The van der Waals surface area contributed by atoms with Crippen molar-refractivity contribution in [3.05, 3.63) is 23.8 Å². The third kappa shape index (κ3) is 4.42. The van der Waals surface area contributed by atoms with Crippen molar-refractivity contribution >= 4 is 11.8 Å². The first-order chi connectivity index (χ1) is 11.9. The van der Waals surface area contributed by atoms with Crippen molar-refractivity contribution in [1.82, 2.24) is 10.2 Å². The Balaban J connectivity index is 1.93. The van der Waals surface area contributed by atoms with E-state index in [4.69, 9.17) is 9.47 Å². The van der Waals surface area contributed by atoms with Crippen LogP contribution in [0.4, 0.5) is 0 Å². The molecular formula is C18H26N2O5. The Morgan fingerprint density at radius 3 is 2.56 bits per heavy atom. The van der Waals surface area contributed by atoms with Crippen LogP contribution in [0.5, 0.6) is 11.5 Å². The van der Waals surface area contributed by atoms with Gasteiger partial charge in [-0.3, -0.25) is 9.59 Å². The van der Waals surface area contributed by atoms with E-state index in [0.29, 0.717) is 23.6 Å². The second kappa shape index (κ2) is 8.20. The lowest BCUT2D eigenvalue weighted by molar-refractivity contribution is -0.130. The Labute approximate surface area is 147 Å². The van der Waals surface area contributed by atoms with Gasteiger partial charge >= 0.3 is 0 Å². The molecule has 2 atom stereocenters. The second-order valence-corrected chi connectivity index (χ2v) is 6.42. The monoisotopic (exact) mass is 350 g/mol. The number of aliphatic hydroxyl groups is 1. The van der Waals surface area contributed by atoms with E-state index in [1.165, 1.54) is 14.2 Å². The number of rotatable bonds is 7. The molecule has 1 aliphatic heterocycles. The predicted molar refractivity (Wildman–Crippen MR) is 92.5 cm³/mol. The minimum Gasteiger partial charge on any atom is -0.493 e. The largest absolute Gasteiger partial charge is 0.493 e. The first kappa shape index (κ1) is 19.1. The average Bonchev–Trinajstić information content (AvgIpc) is 3.00. The number of carbonyl (C=O) groups excluding carboxylic acids is 2. The third-order valence-corrected chi connectivity index (χ3v) is 4.41. The SMILES string of the molecule is COc1ccc(C(O)CNC(=O)C2CC(=O)N(C(C)C)C2)cc1OC. The van der Waals surface area contributed by atoms with Gasteiger partial charge in [0, 0.05) is 25.6 Å². The minimum absolute atomic E-state index is 0.00408. The molecule has 7 nitrogen and oxygen atoms in total. The molecule has 7 heteroatoms. The Morgan fingerprint density at radius 2 is 2.00 bits per heavy atom. The molecule has 25 heavy (non-hydrogen) atoms. The molecule has 138 valence electrons. The minimum atomic E-state index is -0.873. The summed E-state index contributed by atoms with van der Waals surface area (Å²) in [7, 11) is 3.06. The standard InChI is InChI=1S/C18H26N2O5/c1-11(2)20-10-13(8-17(20)22)18(23)19-9-14(21)12-5-6-15(24-3)16(7-12)25-4/h5-7,11,13-14,21H,8-10H2,1-4H3,(H,19,23). The lowest BCUT2D eigenvalue weighted by Gasteiger charge is -2.21. The molecule has 2 unspecified atom stereocenters. The number of aliphatic hydroxyl groups excluding tert-OH is 1. The van der Waals surface area contributed by atoms with Gasteiger partial charge in [-0.15, -0.1) is 0 Å². The van der Waals surface area contributed by atoms with Crippen molar-refractivity contribution in [1.29, 1.82) is 0 Å². The predicted octanol–water partition coefficient (Wildman–Crippen LogP) is 1.11. The van der Waals surface area contributed by atoms with Crippen molar-refractivity contribution in [3.8, 4) is 11.5 Å². The van der Waals surface area contributed by atoms with Gasteiger partial charge < -0.3 is 24.8 Å². The molecule has 1 aromatic carbocycles. The van der Waals surface area contributed by atoms with Crippen LogP contribution in [0.1, 0.15) is 31.9 Å². The van der Waals surface area contributed by atoms with Gasteiger partial charge in [0.05, 0.1) is 26.2 Å². The van der Waals surface area contributed by atoms with Crippen molar-refractivity contribution < 1.29 is 24.2 Å². The second-order valence-electron chi connectivity index (χ2n) is 6.42. The zero-order valence-corrected chi connectivity index (χ0v) is 15.1. The van der Waals surface area contributed by atoms with E-state index in [1.807, 2.05) is 13.8 Å². The number of hydrogen-bond acceptors (Lipinski definition) is 5. The summed E-state index contributed by atoms with van der Waals surface area (Å²) in [5.74, 6) is 0.499. The van der Waals surface area contributed by atoms with Crippen LogP contribution >= 0.6 is 0 Å². The number of methoxy groups -OCH3 is 2. The highest BCUT2D eigenvalue weighted by Crippen LogP contribution is 2.30. The lowest BCUT2D eigenvalue weighted by Crippen LogP contribution is -2.37. The Morgan fingerprint density at radius 1 is 1.32 bits per heavy atom. The zero-order chi connectivity index (χ0) is 18.6. The maximum atomic E-state index is 12.3. The highest BCUT2D eigenvalue weighted by molar-refractivity contribution is 5.89. The average molecular weight is 350 g/mol. The molecule has 0 aromatic heterocycles. The summed E-state index contributed by atoms with van der Waals surface area (Å²) < 4.78 is 10.4. The molecule has 2 rings (SSSR count). The maximum absolute atomic E-state index is 12.3. The number of amides is 2. The Bertz CT molecular complexity index is 632. The van der Waals surface area contributed by atoms with Crippen molar-refractivity contribution in [2.24, 2.45) is 5.92 Å². The Kier molecular flexibility index (Phi) is 6.25. The van der Waals surface area contributed by atoms with Gasteiger partial charge in [0.15, 0.2) is 11.5 Å². The number of hydrogen-bond donors (Lipinski definition) is 2. The van der Waals surface area contributed by atoms with Crippen LogP contribution in [0.25, 0.3) is 0 Å². The number of likely N-dealkylation sites (tertiary alicyclic amines) is 1. The van der Waals surface area contributed by atoms with Crippen LogP contribution in [0.3, 0.4) is 0 Å². The molecule has 1 saturated heterocycles. The van der Waals surface area contributed by atoms with E-state index >= 15 is 0 Å². The van der Waals surface area contributed by atoms with E-state index in [2.05, 4.69) is 5.32 Å². The molecule has 0 spiro atoms. The summed E-state index contributed by atoms with van der Waals surface area (Å²) in [5, 5.41) is 13.0. The molecule has 0 saturated carbocycles. The highest BCUT2D eigenvalue weighted by Gasteiger charge is 2.35. The zero-order valence-electron chi connectivity index (χ0n) is 15.1. The molecule has 1 aromatic rings. The Hall–Kier alpha value is -2.28. The quantitative estimate of drug-likeness (QED) is 0.769. The fraction of sp³-hybridized carbons (Fsp3) is 0.556. The van der Waals surface area contributed by atoms with Gasteiger partial charge in [0.2, 0.25) is 11.8 Å². The van der Waals surface area contributed by atoms with Gasteiger partial charge in [0.25, 0.3) is 0 Å². The van der Waals surface area contributed by atoms with Gasteiger partial charge in [-0.05, 0) is 31.5 Å². The molecule has 2 N–H and O–H groups in total. The van der Waals surface area contributed by atoms with Crippen LogP contribution in [0.2, 0.25) is 0 Å². The number of nitrogens with one attached hydrogen (secondary N) is 1. The molecule has 1 heterocycles. The highest BCUT2D eigenvalue weighted by atomic mass is 16.5. The van der Waals surface area contributed by atoms with Crippen LogP contribution in [0, 0.1) is 5.92 Å². The first-order valence-corrected chi connectivity index (χ1v) is 8.34. The van der Waals surface area contributed by atoms with E-state index in [1.54, 1.807) is 23.1 Å². The summed E-state index contributed by atoms with van der Waals surface area (Å²) in [4.78, 5) is 25.9. The lowest BCUT2D eigenvalue weighted by atomic mass is 10.1. The number of benzene rings is 1. The topological polar surface area (TPSA) is 88.1 Å². The van der Waals surface area contributed by atoms with Crippen LogP contribution in [0.15, 0.2) is 18.2 Å². The van der Waals surface area contributed by atoms with Crippen molar-refractivity contribution in [3.63, 3.8) is 0 Å². The molecule has 0 radical (unpaired) electrons. The summed E-state index contributed by atoms with van der Waals surface area (Å²) >= 11 is 0. The van der Waals surface area contributed by atoms with Gasteiger partial charge in [-0.1, -0.05) is 6.07 Å². The summed E-state index contributed by atoms with van der Waals surface area (Å²) in [6.07, 6.45) is -0.654. The van der Waals surface area contributed by atoms with Gasteiger partial charge in [-0.25, -0.2) is 0 Å². The molecule has 1 aliphatic rings. The van der Waals surface area contributed by atoms with Crippen LogP contribution in [-0.2, 0) is 9.59 Å². The van der Waals surface area contributed by atoms with Crippen molar-refractivity contribution in [2.45, 2.75) is 32.4 Å².